The summed E-state index contributed by atoms with van der Waals surface area (Å²) >= 11 is 1.39. The molecule has 0 heterocycles. The van der Waals surface area contributed by atoms with Crippen molar-refractivity contribution in [1.29, 1.82) is 0 Å². The van der Waals surface area contributed by atoms with Gasteiger partial charge in [-0.3, -0.25) is 0 Å². The molecule has 0 aliphatic rings. The molecule has 7 heteroatoms. The molecule has 0 unspecified atom stereocenters. The number of nitrogens with two attached hydrogens (primary N) is 1. The number of benzene rings is 1. The van der Waals surface area contributed by atoms with Crippen molar-refractivity contribution in [2.24, 2.45) is 15.9 Å². The largest absolute Gasteiger partial charge is 0.871 e. The minimum atomic E-state index is -1.26. The van der Waals surface area contributed by atoms with E-state index < -0.39 is 11.7 Å². The van der Waals surface area contributed by atoms with Gasteiger partial charge in [0.1, 0.15) is 0 Å². The van der Waals surface area contributed by atoms with E-state index in [-0.39, 0.29) is 11.1 Å². The SMILES string of the molecule is CCCCS/C(N)=N\N=C\c1cccc(C(=O)O)c1[O-]. The lowest BCUT2D eigenvalue weighted by molar-refractivity contribution is -0.269. The van der Waals surface area contributed by atoms with Crippen LogP contribution in [-0.2, 0) is 0 Å². The summed E-state index contributed by atoms with van der Waals surface area (Å²) in [6.07, 6.45) is 3.32. The van der Waals surface area contributed by atoms with E-state index >= 15 is 0 Å². The van der Waals surface area contributed by atoms with Crippen molar-refractivity contribution < 1.29 is 15.0 Å². The molecule has 0 saturated carbocycles. The number of nitrogens with zero attached hydrogens (tertiary/aromatic N) is 2. The van der Waals surface area contributed by atoms with Crippen LogP contribution in [0.2, 0.25) is 0 Å². The van der Waals surface area contributed by atoms with Gasteiger partial charge in [-0.2, -0.15) is 5.10 Å². The number of amidine groups is 1. The van der Waals surface area contributed by atoms with Gasteiger partial charge >= 0.3 is 5.97 Å². The topological polar surface area (TPSA) is 111 Å². The number of para-hydroxylation sites is 1. The number of unbranched alkanes of at least 4 members (excludes halogenated alkanes) is 1. The van der Waals surface area contributed by atoms with Gasteiger partial charge in [-0.25, -0.2) is 4.79 Å². The molecule has 0 atom stereocenters. The van der Waals surface area contributed by atoms with Gasteiger partial charge in [-0.1, -0.05) is 43.0 Å². The van der Waals surface area contributed by atoms with Crippen molar-refractivity contribution in [3.63, 3.8) is 0 Å². The second kappa shape index (κ2) is 8.21. The first-order chi connectivity index (χ1) is 9.56. The Kier molecular flexibility index (Phi) is 6.58. The number of aromatic carboxylic acids is 1. The molecule has 0 amide bonds. The maximum absolute atomic E-state index is 11.7. The fourth-order valence-corrected chi connectivity index (χ4v) is 2.07. The van der Waals surface area contributed by atoms with E-state index in [1.165, 1.54) is 36.2 Å². The third kappa shape index (κ3) is 4.93. The molecule has 0 saturated heterocycles. The van der Waals surface area contributed by atoms with Crippen LogP contribution in [0.3, 0.4) is 0 Å². The van der Waals surface area contributed by atoms with Gasteiger partial charge in [0.25, 0.3) is 0 Å². The van der Waals surface area contributed by atoms with Gasteiger partial charge in [0.15, 0.2) is 5.17 Å². The van der Waals surface area contributed by atoms with Crippen molar-refractivity contribution >= 4 is 29.1 Å². The van der Waals surface area contributed by atoms with Crippen LogP contribution >= 0.6 is 11.8 Å². The third-order valence-electron chi connectivity index (χ3n) is 2.38. The fourth-order valence-electron chi connectivity index (χ4n) is 1.32. The Morgan fingerprint density at radius 2 is 2.30 bits per heavy atom. The van der Waals surface area contributed by atoms with Gasteiger partial charge < -0.3 is 15.9 Å². The van der Waals surface area contributed by atoms with E-state index in [1.54, 1.807) is 0 Å². The minimum absolute atomic E-state index is 0.167. The van der Waals surface area contributed by atoms with Crippen molar-refractivity contribution in [2.45, 2.75) is 19.8 Å². The van der Waals surface area contributed by atoms with Crippen LogP contribution < -0.4 is 10.8 Å². The normalized spacial score (nSPS) is 11.9. The van der Waals surface area contributed by atoms with Crippen molar-refractivity contribution in [1.82, 2.24) is 0 Å². The predicted molar refractivity (Wildman–Crippen MR) is 79.4 cm³/mol. The number of carboxylic acid groups (broad SMARTS) is 1. The highest BCUT2D eigenvalue weighted by molar-refractivity contribution is 8.13. The second-order valence-electron chi connectivity index (χ2n) is 3.91. The smallest absolute Gasteiger partial charge is 0.335 e. The van der Waals surface area contributed by atoms with Crippen LogP contribution in [0.5, 0.6) is 5.75 Å². The van der Waals surface area contributed by atoms with E-state index in [0.29, 0.717) is 5.17 Å². The predicted octanol–water partition coefficient (Wildman–Crippen LogP) is 1.64. The minimum Gasteiger partial charge on any atom is -0.871 e. The Labute approximate surface area is 121 Å². The number of hydrogen-bond acceptors (Lipinski definition) is 5. The molecule has 0 spiro atoms. The lowest BCUT2D eigenvalue weighted by Gasteiger charge is -2.12. The van der Waals surface area contributed by atoms with Crippen LogP contribution in [0.15, 0.2) is 28.4 Å². The van der Waals surface area contributed by atoms with E-state index in [1.807, 2.05) is 0 Å². The zero-order valence-electron chi connectivity index (χ0n) is 11.1. The molecule has 1 aromatic carbocycles. The first-order valence-electron chi connectivity index (χ1n) is 6.08. The van der Waals surface area contributed by atoms with Gasteiger partial charge in [0.05, 0.1) is 11.8 Å². The Balaban J connectivity index is 2.73. The summed E-state index contributed by atoms with van der Waals surface area (Å²) in [6.45, 7) is 2.08. The third-order valence-corrected chi connectivity index (χ3v) is 3.25. The highest BCUT2D eigenvalue weighted by Gasteiger charge is 2.04. The molecular formula is C13H16N3O3S-. The van der Waals surface area contributed by atoms with Gasteiger partial charge in [-0.05, 0) is 18.1 Å². The summed E-state index contributed by atoms with van der Waals surface area (Å²) in [5, 5.41) is 28.3. The highest BCUT2D eigenvalue weighted by atomic mass is 32.2. The highest BCUT2D eigenvalue weighted by Crippen LogP contribution is 2.17. The Bertz CT molecular complexity index is 530. The molecule has 20 heavy (non-hydrogen) atoms. The van der Waals surface area contributed by atoms with Crippen LogP contribution in [-0.4, -0.2) is 28.2 Å². The summed E-state index contributed by atoms with van der Waals surface area (Å²) in [4.78, 5) is 10.8. The van der Waals surface area contributed by atoms with E-state index in [0.717, 1.165) is 18.6 Å². The molecule has 1 aromatic rings. The summed E-state index contributed by atoms with van der Waals surface area (Å²) in [6, 6.07) is 4.21. The van der Waals surface area contributed by atoms with E-state index in [9.17, 15) is 9.90 Å². The van der Waals surface area contributed by atoms with Gasteiger partial charge in [-0.15, -0.1) is 5.10 Å². The molecule has 0 bridgehead atoms. The van der Waals surface area contributed by atoms with E-state index in [2.05, 4.69) is 17.1 Å². The molecule has 0 radical (unpaired) electrons. The Morgan fingerprint density at radius 1 is 1.55 bits per heavy atom. The number of rotatable bonds is 6. The second-order valence-corrected chi connectivity index (χ2v) is 5.03. The van der Waals surface area contributed by atoms with Crippen molar-refractivity contribution in [3.8, 4) is 5.75 Å². The Morgan fingerprint density at radius 3 is 2.95 bits per heavy atom. The lowest BCUT2D eigenvalue weighted by atomic mass is 10.1. The van der Waals surface area contributed by atoms with Gasteiger partial charge in [0, 0.05) is 5.75 Å². The standard InChI is InChI=1S/C13H17N3O3S/c1-2-3-7-20-13(14)16-15-8-9-5-4-6-10(11(9)17)12(18)19/h4-6,8,17H,2-3,7H2,1H3,(H2,14,16)(H,18,19)/p-1/b15-8+. The van der Waals surface area contributed by atoms with E-state index in [4.69, 9.17) is 10.8 Å². The van der Waals surface area contributed by atoms with Crippen molar-refractivity contribution in [3.05, 3.63) is 29.3 Å². The maximum atomic E-state index is 11.7. The average molecular weight is 294 g/mol. The van der Waals surface area contributed by atoms with Crippen molar-refractivity contribution in [2.75, 3.05) is 5.75 Å². The van der Waals surface area contributed by atoms with Crippen LogP contribution in [0, 0.1) is 0 Å². The first kappa shape index (κ1) is 16.0. The maximum Gasteiger partial charge on any atom is 0.335 e. The van der Waals surface area contributed by atoms with Crippen LogP contribution in [0.25, 0.3) is 0 Å². The zero-order valence-corrected chi connectivity index (χ0v) is 11.9. The number of carboxylic acids is 1. The Hall–Kier alpha value is -2.02. The summed E-state index contributed by atoms with van der Waals surface area (Å²) < 4.78 is 0. The summed E-state index contributed by atoms with van der Waals surface area (Å²) in [5.74, 6) is -0.984. The lowest BCUT2D eigenvalue weighted by Crippen LogP contribution is -2.07. The van der Waals surface area contributed by atoms with Gasteiger partial charge in [0.2, 0.25) is 0 Å². The summed E-state index contributed by atoms with van der Waals surface area (Å²) in [7, 11) is 0. The van der Waals surface area contributed by atoms with Crippen LogP contribution in [0.1, 0.15) is 35.7 Å². The number of hydrogen-bond donors (Lipinski definition) is 2. The fraction of sp³-hybridized carbons (Fsp3) is 0.308. The molecule has 6 nitrogen and oxygen atoms in total. The zero-order chi connectivity index (χ0) is 15.0. The first-order valence-corrected chi connectivity index (χ1v) is 7.07. The summed E-state index contributed by atoms with van der Waals surface area (Å²) in [5.41, 5.74) is 5.50. The number of carbonyl (C=O) groups is 1. The average Bonchev–Trinajstić information content (AvgIpc) is 2.40. The molecule has 0 aromatic heterocycles. The molecule has 0 aliphatic carbocycles. The molecular weight excluding hydrogens is 278 g/mol. The monoisotopic (exact) mass is 294 g/mol. The molecule has 0 aliphatic heterocycles. The molecule has 108 valence electrons. The molecule has 0 fully saturated rings. The molecule has 1 rings (SSSR count). The molecule has 3 N–H and O–H groups in total. The quantitative estimate of drug-likeness (QED) is 0.358. The van der Waals surface area contributed by atoms with Crippen LogP contribution in [0.4, 0.5) is 0 Å². The number of thioether (sulfide) groups is 1.